The molecule has 0 aliphatic carbocycles. The maximum atomic E-state index is 9.24. The number of benzene rings is 1. The molecule has 1 aromatic carbocycles. The Hall–Kier alpha value is -2.12. The molecule has 1 saturated heterocycles. The lowest BCUT2D eigenvalue weighted by Crippen LogP contribution is -2.27. The largest absolute Gasteiger partial charge is 0.376 e. The average molecular weight is 253 g/mol. The first-order chi connectivity index (χ1) is 9.28. The normalized spacial score (nSPS) is 22.3. The molecule has 96 valence electrons. The van der Waals surface area contributed by atoms with Crippen LogP contribution in [0.15, 0.2) is 30.3 Å². The third-order valence-electron chi connectivity index (χ3n) is 3.55. The number of fused-ring (bicyclic) bond motifs is 1. The molecule has 0 saturated carbocycles. The van der Waals surface area contributed by atoms with Crippen molar-refractivity contribution < 1.29 is 4.74 Å². The molecule has 2 unspecified atom stereocenters. The third-order valence-corrected chi connectivity index (χ3v) is 3.55. The zero-order valence-corrected chi connectivity index (χ0v) is 10.8. The first-order valence-corrected chi connectivity index (χ1v) is 6.46. The molecule has 2 aromatic rings. The van der Waals surface area contributed by atoms with Crippen LogP contribution in [0, 0.1) is 11.3 Å². The van der Waals surface area contributed by atoms with Gasteiger partial charge in [-0.25, -0.2) is 4.98 Å². The van der Waals surface area contributed by atoms with Crippen LogP contribution >= 0.6 is 0 Å². The zero-order valence-electron chi connectivity index (χ0n) is 10.8. The van der Waals surface area contributed by atoms with Crippen molar-refractivity contribution in [3.8, 4) is 6.07 Å². The van der Waals surface area contributed by atoms with Crippen LogP contribution in [-0.2, 0) is 4.74 Å². The minimum absolute atomic E-state index is 0.179. The Balaban J connectivity index is 1.98. The van der Waals surface area contributed by atoms with E-state index in [2.05, 4.69) is 23.3 Å². The van der Waals surface area contributed by atoms with Gasteiger partial charge in [0.2, 0.25) is 0 Å². The number of pyridine rings is 1. The summed E-state index contributed by atoms with van der Waals surface area (Å²) in [4.78, 5) is 4.56. The number of hydrogen-bond acceptors (Lipinski definition) is 4. The van der Waals surface area contributed by atoms with E-state index in [9.17, 15) is 5.26 Å². The SMILES string of the molecule is CC1OCCC1Nc1cc(C#N)c2ccccc2n1. The van der Waals surface area contributed by atoms with Gasteiger partial charge < -0.3 is 10.1 Å². The second kappa shape index (κ2) is 4.87. The van der Waals surface area contributed by atoms with Gasteiger partial charge in [0.1, 0.15) is 5.82 Å². The zero-order chi connectivity index (χ0) is 13.2. The quantitative estimate of drug-likeness (QED) is 0.894. The molecular weight excluding hydrogens is 238 g/mol. The first kappa shape index (κ1) is 11.9. The minimum atomic E-state index is 0.179. The minimum Gasteiger partial charge on any atom is -0.376 e. The van der Waals surface area contributed by atoms with E-state index in [1.165, 1.54) is 0 Å². The van der Waals surface area contributed by atoms with Crippen LogP contribution in [0.1, 0.15) is 18.9 Å². The number of hydrogen-bond donors (Lipinski definition) is 1. The third kappa shape index (κ3) is 2.25. The molecule has 0 amide bonds. The summed E-state index contributed by atoms with van der Waals surface area (Å²) in [6.45, 7) is 2.83. The van der Waals surface area contributed by atoms with Crippen LogP contribution in [0.2, 0.25) is 0 Å². The molecule has 4 heteroatoms. The van der Waals surface area contributed by atoms with Crippen molar-refractivity contribution in [2.45, 2.75) is 25.5 Å². The van der Waals surface area contributed by atoms with Crippen molar-refractivity contribution in [1.29, 1.82) is 5.26 Å². The van der Waals surface area contributed by atoms with E-state index >= 15 is 0 Å². The van der Waals surface area contributed by atoms with Gasteiger partial charge in [0.15, 0.2) is 0 Å². The number of para-hydroxylation sites is 1. The maximum absolute atomic E-state index is 9.24. The van der Waals surface area contributed by atoms with Crippen molar-refractivity contribution in [2.24, 2.45) is 0 Å². The molecule has 2 atom stereocenters. The Bertz CT molecular complexity index is 647. The van der Waals surface area contributed by atoms with Crippen LogP contribution in [0.25, 0.3) is 10.9 Å². The first-order valence-electron chi connectivity index (χ1n) is 6.46. The van der Waals surface area contributed by atoms with E-state index < -0.39 is 0 Å². The summed E-state index contributed by atoms with van der Waals surface area (Å²) < 4.78 is 5.53. The van der Waals surface area contributed by atoms with Crippen LogP contribution in [0.4, 0.5) is 5.82 Å². The van der Waals surface area contributed by atoms with Gasteiger partial charge in [-0.1, -0.05) is 18.2 Å². The van der Waals surface area contributed by atoms with E-state index in [0.29, 0.717) is 5.56 Å². The highest BCUT2D eigenvalue weighted by atomic mass is 16.5. The maximum Gasteiger partial charge on any atom is 0.128 e. The highest BCUT2D eigenvalue weighted by Gasteiger charge is 2.24. The molecule has 1 aromatic heterocycles. The summed E-state index contributed by atoms with van der Waals surface area (Å²) in [6.07, 6.45) is 1.15. The van der Waals surface area contributed by atoms with Gasteiger partial charge in [0, 0.05) is 12.0 Å². The second-order valence-corrected chi connectivity index (χ2v) is 4.80. The van der Waals surface area contributed by atoms with E-state index in [1.807, 2.05) is 30.3 Å². The van der Waals surface area contributed by atoms with Gasteiger partial charge >= 0.3 is 0 Å². The fourth-order valence-electron chi connectivity index (χ4n) is 2.45. The second-order valence-electron chi connectivity index (χ2n) is 4.80. The summed E-state index contributed by atoms with van der Waals surface area (Å²) >= 11 is 0. The van der Waals surface area contributed by atoms with Gasteiger partial charge in [-0.3, -0.25) is 0 Å². The number of nitriles is 1. The molecule has 1 fully saturated rings. The molecule has 19 heavy (non-hydrogen) atoms. The molecule has 0 radical (unpaired) electrons. The number of nitrogens with zero attached hydrogens (tertiary/aromatic N) is 2. The van der Waals surface area contributed by atoms with Crippen molar-refractivity contribution in [1.82, 2.24) is 4.98 Å². The summed E-state index contributed by atoms with van der Waals surface area (Å²) in [7, 11) is 0. The lowest BCUT2D eigenvalue weighted by atomic mass is 10.1. The van der Waals surface area contributed by atoms with Gasteiger partial charge in [0.25, 0.3) is 0 Å². The number of rotatable bonds is 2. The molecule has 3 rings (SSSR count). The summed E-state index contributed by atoms with van der Waals surface area (Å²) in [5.41, 5.74) is 1.50. The molecule has 0 bridgehead atoms. The number of ether oxygens (including phenoxy) is 1. The van der Waals surface area contributed by atoms with E-state index in [4.69, 9.17) is 4.74 Å². The molecule has 0 spiro atoms. The Kier molecular flexibility index (Phi) is 3.06. The van der Waals surface area contributed by atoms with Crippen molar-refractivity contribution in [2.75, 3.05) is 11.9 Å². The predicted molar refractivity (Wildman–Crippen MR) is 73.9 cm³/mol. The molecule has 1 aliphatic heterocycles. The van der Waals surface area contributed by atoms with Crippen molar-refractivity contribution >= 4 is 16.7 Å². The van der Waals surface area contributed by atoms with E-state index in [1.54, 1.807) is 0 Å². The monoisotopic (exact) mass is 253 g/mol. The Morgan fingerprint density at radius 2 is 2.26 bits per heavy atom. The molecular formula is C15H15N3O. The van der Waals surface area contributed by atoms with Gasteiger partial charge in [-0.05, 0) is 25.5 Å². The fraction of sp³-hybridized carbons (Fsp3) is 0.333. The van der Waals surface area contributed by atoms with Crippen molar-refractivity contribution in [3.05, 3.63) is 35.9 Å². The highest BCUT2D eigenvalue weighted by Crippen LogP contribution is 2.23. The van der Waals surface area contributed by atoms with Gasteiger partial charge in [-0.15, -0.1) is 0 Å². The predicted octanol–water partition coefficient (Wildman–Crippen LogP) is 2.70. The summed E-state index contributed by atoms with van der Waals surface area (Å²) in [5, 5.41) is 13.5. The lowest BCUT2D eigenvalue weighted by molar-refractivity contribution is 0.121. The van der Waals surface area contributed by atoms with Crippen LogP contribution in [0.5, 0.6) is 0 Å². The topological polar surface area (TPSA) is 57.9 Å². The number of nitrogens with one attached hydrogen (secondary N) is 1. The van der Waals surface area contributed by atoms with Crippen LogP contribution in [0.3, 0.4) is 0 Å². The summed E-state index contributed by atoms with van der Waals surface area (Å²) in [5.74, 6) is 0.748. The highest BCUT2D eigenvalue weighted by molar-refractivity contribution is 5.86. The molecule has 2 heterocycles. The Morgan fingerprint density at radius 3 is 3.00 bits per heavy atom. The smallest absolute Gasteiger partial charge is 0.128 e. The average Bonchev–Trinajstić information content (AvgIpc) is 2.83. The van der Waals surface area contributed by atoms with Crippen LogP contribution < -0.4 is 5.32 Å². The van der Waals surface area contributed by atoms with Crippen molar-refractivity contribution in [3.63, 3.8) is 0 Å². The standard InChI is InChI=1S/C15H15N3O/c1-10-13(6-7-19-10)17-15-8-11(9-16)12-4-2-3-5-14(12)18-15/h2-5,8,10,13H,6-7H2,1H3,(H,17,18). The Morgan fingerprint density at radius 1 is 1.42 bits per heavy atom. The van der Waals surface area contributed by atoms with E-state index in [0.717, 1.165) is 29.7 Å². The molecule has 1 aliphatic rings. The fourth-order valence-corrected chi connectivity index (χ4v) is 2.45. The van der Waals surface area contributed by atoms with E-state index in [-0.39, 0.29) is 12.1 Å². The molecule has 1 N–H and O–H groups in total. The summed E-state index contributed by atoms with van der Waals surface area (Å²) in [6, 6.07) is 12.0. The van der Waals surface area contributed by atoms with Crippen LogP contribution in [-0.4, -0.2) is 23.7 Å². The Labute approximate surface area is 112 Å². The number of anilines is 1. The van der Waals surface area contributed by atoms with Gasteiger partial charge in [0.05, 0.1) is 29.3 Å². The number of aromatic nitrogens is 1. The van der Waals surface area contributed by atoms with Gasteiger partial charge in [-0.2, -0.15) is 5.26 Å². The lowest BCUT2D eigenvalue weighted by Gasteiger charge is -2.17. The molecule has 4 nitrogen and oxygen atoms in total.